The first-order chi connectivity index (χ1) is 6.50. The lowest BCUT2D eigenvalue weighted by molar-refractivity contribution is -0.120. The number of amides is 1. The Labute approximate surface area is 87.1 Å². The normalized spacial score (nSPS) is 22.5. The highest BCUT2D eigenvalue weighted by Gasteiger charge is 2.28. The Kier molecular flexibility index (Phi) is 4.07. The molecule has 3 atom stereocenters. The number of nitrogens with one attached hydrogen (secondary N) is 1. The van der Waals surface area contributed by atoms with Crippen molar-refractivity contribution in [2.75, 3.05) is 5.75 Å². The van der Waals surface area contributed by atoms with Crippen LogP contribution in [0, 0.1) is 0 Å². The van der Waals surface area contributed by atoms with E-state index in [0.717, 1.165) is 12.8 Å². The van der Waals surface area contributed by atoms with Crippen LogP contribution in [0.5, 0.6) is 0 Å². The Morgan fingerprint density at radius 1 is 1.57 bits per heavy atom. The van der Waals surface area contributed by atoms with Crippen LogP contribution in [-0.4, -0.2) is 33.2 Å². The van der Waals surface area contributed by atoms with Crippen molar-refractivity contribution >= 4 is 16.7 Å². The van der Waals surface area contributed by atoms with Crippen molar-refractivity contribution in [2.45, 2.75) is 44.0 Å². The van der Waals surface area contributed by atoms with Gasteiger partial charge in [-0.15, -0.1) is 0 Å². The second-order valence-electron chi connectivity index (χ2n) is 3.95. The van der Waals surface area contributed by atoms with Crippen molar-refractivity contribution < 1.29 is 9.00 Å². The first-order valence-corrected chi connectivity index (χ1v) is 6.32. The molecule has 3 N–H and O–H groups in total. The molecular weight excluding hydrogens is 200 g/mol. The van der Waals surface area contributed by atoms with Gasteiger partial charge in [-0.05, 0) is 26.7 Å². The largest absolute Gasteiger partial charge is 0.352 e. The second kappa shape index (κ2) is 4.89. The van der Waals surface area contributed by atoms with Crippen LogP contribution in [-0.2, 0) is 15.6 Å². The first-order valence-electron chi connectivity index (χ1n) is 4.94. The topological polar surface area (TPSA) is 72.2 Å². The highest BCUT2D eigenvalue weighted by molar-refractivity contribution is 7.86. The van der Waals surface area contributed by atoms with E-state index in [2.05, 4.69) is 5.32 Å². The van der Waals surface area contributed by atoms with Gasteiger partial charge in [0.2, 0.25) is 5.91 Å². The van der Waals surface area contributed by atoms with Crippen molar-refractivity contribution in [3.8, 4) is 0 Å². The standard InChI is InChI=1S/C9H18N2O2S/c1-6(10)5-14(13)7(2)9(12)11-8-3-4-8/h6-8H,3-5,10H2,1-2H3,(H,11,12). The van der Waals surface area contributed by atoms with Gasteiger partial charge in [-0.1, -0.05) is 0 Å². The average molecular weight is 218 g/mol. The molecular formula is C9H18N2O2S. The second-order valence-corrected chi connectivity index (χ2v) is 5.75. The molecule has 0 saturated heterocycles. The molecule has 0 spiro atoms. The lowest BCUT2D eigenvalue weighted by Crippen LogP contribution is -2.39. The maximum absolute atomic E-state index is 11.6. The van der Waals surface area contributed by atoms with Gasteiger partial charge in [-0.3, -0.25) is 9.00 Å². The van der Waals surface area contributed by atoms with Crippen LogP contribution >= 0.6 is 0 Å². The molecule has 0 heterocycles. The molecule has 82 valence electrons. The molecule has 4 nitrogen and oxygen atoms in total. The molecule has 1 fully saturated rings. The zero-order valence-corrected chi connectivity index (χ0v) is 9.47. The fourth-order valence-corrected chi connectivity index (χ4v) is 2.18. The van der Waals surface area contributed by atoms with Crippen LogP contribution in [0.15, 0.2) is 0 Å². The van der Waals surface area contributed by atoms with E-state index < -0.39 is 16.0 Å². The molecule has 3 unspecified atom stereocenters. The summed E-state index contributed by atoms with van der Waals surface area (Å²) in [6.07, 6.45) is 2.11. The van der Waals surface area contributed by atoms with Gasteiger partial charge in [0, 0.05) is 28.6 Å². The Hall–Kier alpha value is -0.420. The molecule has 0 aromatic heterocycles. The maximum atomic E-state index is 11.6. The van der Waals surface area contributed by atoms with Crippen LogP contribution < -0.4 is 11.1 Å². The van der Waals surface area contributed by atoms with E-state index in [4.69, 9.17) is 5.73 Å². The summed E-state index contributed by atoms with van der Waals surface area (Å²) in [6, 6.07) is 0.212. The van der Waals surface area contributed by atoms with Gasteiger partial charge in [-0.2, -0.15) is 0 Å². The zero-order chi connectivity index (χ0) is 10.7. The third kappa shape index (κ3) is 3.75. The molecule has 1 rings (SSSR count). The summed E-state index contributed by atoms with van der Waals surface area (Å²) in [5.41, 5.74) is 5.52. The minimum Gasteiger partial charge on any atom is -0.352 e. The van der Waals surface area contributed by atoms with Crippen LogP contribution in [0.3, 0.4) is 0 Å². The van der Waals surface area contributed by atoms with E-state index in [0.29, 0.717) is 11.8 Å². The zero-order valence-electron chi connectivity index (χ0n) is 8.66. The lowest BCUT2D eigenvalue weighted by Gasteiger charge is -2.12. The quantitative estimate of drug-likeness (QED) is 0.668. The molecule has 0 bridgehead atoms. The van der Waals surface area contributed by atoms with Gasteiger partial charge >= 0.3 is 0 Å². The highest BCUT2D eigenvalue weighted by Crippen LogP contribution is 2.19. The number of carbonyl (C=O) groups is 1. The highest BCUT2D eigenvalue weighted by atomic mass is 32.2. The Balaban J connectivity index is 2.33. The molecule has 0 aromatic rings. The summed E-state index contributed by atoms with van der Waals surface area (Å²) in [4.78, 5) is 11.5. The van der Waals surface area contributed by atoms with E-state index in [-0.39, 0.29) is 11.9 Å². The fraction of sp³-hybridized carbons (Fsp3) is 0.889. The molecule has 1 aliphatic carbocycles. The van der Waals surface area contributed by atoms with E-state index in [9.17, 15) is 9.00 Å². The number of nitrogens with two attached hydrogens (primary N) is 1. The molecule has 14 heavy (non-hydrogen) atoms. The number of hydrogen-bond donors (Lipinski definition) is 2. The van der Waals surface area contributed by atoms with Crippen molar-refractivity contribution in [1.29, 1.82) is 0 Å². The first kappa shape index (κ1) is 11.7. The molecule has 1 aliphatic rings. The van der Waals surface area contributed by atoms with Crippen LogP contribution in [0.25, 0.3) is 0 Å². The van der Waals surface area contributed by atoms with Gasteiger partial charge in [0.05, 0.1) is 0 Å². The number of carbonyl (C=O) groups excluding carboxylic acids is 1. The molecule has 0 aliphatic heterocycles. The van der Waals surface area contributed by atoms with Crippen LogP contribution in [0.2, 0.25) is 0 Å². The SMILES string of the molecule is CC(N)CS(=O)C(C)C(=O)NC1CC1. The minimum atomic E-state index is -1.15. The van der Waals surface area contributed by atoms with E-state index >= 15 is 0 Å². The predicted molar refractivity (Wildman–Crippen MR) is 57.3 cm³/mol. The van der Waals surface area contributed by atoms with E-state index in [1.54, 1.807) is 13.8 Å². The summed E-state index contributed by atoms with van der Waals surface area (Å²) >= 11 is 0. The third-order valence-electron chi connectivity index (χ3n) is 2.11. The molecule has 0 radical (unpaired) electrons. The van der Waals surface area contributed by atoms with Gasteiger partial charge < -0.3 is 11.1 Å². The average Bonchev–Trinajstić information content (AvgIpc) is 2.85. The summed E-state index contributed by atoms with van der Waals surface area (Å²) in [6.45, 7) is 3.49. The Morgan fingerprint density at radius 3 is 2.57 bits per heavy atom. The monoisotopic (exact) mass is 218 g/mol. The van der Waals surface area contributed by atoms with Crippen LogP contribution in [0.1, 0.15) is 26.7 Å². The fourth-order valence-electron chi connectivity index (χ4n) is 1.07. The molecule has 1 saturated carbocycles. The summed E-state index contributed by atoms with van der Waals surface area (Å²) < 4.78 is 11.6. The Morgan fingerprint density at radius 2 is 2.14 bits per heavy atom. The van der Waals surface area contributed by atoms with E-state index in [1.807, 2.05) is 0 Å². The number of rotatable bonds is 5. The number of hydrogen-bond acceptors (Lipinski definition) is 3. The molecule has 1 amide bonds. The van der Waals surface area contributed by atoms with Gasteiger partial charge in [0.15, 0.2) is 0 Å². The summed E-state index contributed by atoms with van der Waals surface area (Å²) in [7, 11) is -1.15. The predicted octanol–water partition coefficient (Wildman–Crippen LogP) is -0.251. The third-order valence-corrected chi connectivity index (χ3v) is 3.97. The van der Waals surface area contributed by atoms with Crippen molar-refractivity contribution in [3.05, 3.63) is 0 Å². The van der Waals surface area contributed by atoms with Crippen LogP contribution in [0.4, 0.5) is 0 Å². The van der Waals surface area contributed by atoms with Crippen molar-refractivity contribution in [1.82, 2.24) is 5.32 Å². The van der Waals surface area contributed by atoms with Crippen molar-refractivity contribution in [2.24, 2.45) is 5.73 Å². The van der Waals surface area contributed by atoms with E-state index in [1.165, 1.54) is 0 Å². The maximum Gasteiger partial charge on any atom is 0.235 e. The summed E-state index contributed by atoms with van der Waals surface area (Å²) in [5.74, 6) is 0.283. The molecule has 0 aromatic carbocycles. The van der Waals surface area contributed by atoms with Gasteiger partial charge in [0.1, 0.15) is 5.25 Å². The lowest BCUT2D eigenvalue weighted by atomic mass is 10.4. The van der Waals surface area contributed by atoms with Gasteiger partial charge in [-0.25, -0.2) is 0 Å². The van der Waals surface area contributed by atoms with Crippen molar-refractivity contribution in [3.63, 3.8) is 0 Å². The Bertz CT molecular complexity index is 223. The minimum absolute atomic E-state index is 0.105. The van der Waals surface area contributed by atoms with Gasteiger partial charge in [0.25, 0.3) is 0 Å². The molecule has 5 heteroatoms. The smallest absolute Gasteiger partial charge is 0.235 e. The summed E-state index contributed by atoms with van der Waals surface area (Å²) in [5, 5.41) is 2.39.